The van der Waals surface area contributed by atoms with E-state index in [0.29, 0.717) is 29.6 Å². The number of carbonyl (C=O) groups excluding carboxylic acids is 5. The lowest BCUT2D eigenvalue weighted by Crippen LogP contribution is -2.29. The third-order valence-electron chi connectivity index (χ3n) is 4.08. The van der Waals surface area contributed by atoms with Crippen molar-refractivity contribution in [3.05, 3.63) is 0 Å². The van der Waals surface area contributed by atoms with Crippen LogP contribution in [0.4, 0.5) is 0 Å². The second-order valence-electron chi connectivity index (χ2n) is 7.57. The summed E-state index contributed by atoms with van der Waals surface area (Å²) in [5, 5.41) is 0. The Labute approximate surface area is 214 Å². The maximum absolute atomic E-state index is 11.8. The standard InChI is InChI=1S/C22H36O11S2/c1-4-30-21(27)22(2,3)15-35-12-6-20(26)32-10-8-28-7-9-31-19(25)5-11-34-14-18(33-17-24)13-29-16-23/h16-18H,4-15H2,1-3H3. The van der Waals surface area contributed by atoms with E-state index in [4.69, 9.17) is 23.7 Å². The molecular formula is C22H36O11S2. The van der Waals surface area contributed by atoms with Gasteiger partial charge in [0.2, 0.25) is 0 Å². The molecule has 0 bridgehead atoms. The van der Waals surface area contributed by atoms with Crippen LogP contribution in [0.5, 0.6) is 0 Å². The molecule has 0 N–H and O–H groups in total. The summed E-state index contributed by atoms with van der Waals surface area (Å²) in [6.45, 7) is 6.76. The van der Waals surface area contributed by atoms with Gasteiger partial charge in [-0.05, 0) is 20.8 Å². The zero-order valence-electron chi connectivity index (χ0n) is 20.5. The molecule has 35 heavy (non-hydrogen) atoms. The van der Waals surface area contributed by atoms with E-state index < -0.39 is 17.5 Å². The molecule has 11 nitrogen and oxygen atoms in total. The van der Waals surface area contributed by atoms with Crippen molar-refractivity contribution in [3.8, 4) is 0 Å². The van der Waals surface area contributed by atoms with Gasteiger partial charge in [0.1, 0.15) is 25.9 Å². The third kappa shape index (κ3) is 18.9. The Kier molecular flexibility index (Phi) is 20.1. The van der Waals surface area contributed by atoms with Crippen molar-refractivity contribution in [1.82, 2.24) is 0 Å². The van der Waals surface area contributed by atoms with Gasteiger partial charge in [-0.25, -0.2) is 0 Å². The van der Waals surface area contributed by atoms with Crippen molar-refractivity contribution < 1.29 is 52.4 Å². The van der Waals surface area contributed by atoms with Crippen LogP contribution in [-0.4, -0.2) is 99.6 Å². The van der Waals surface area contributed by atoms with Crippen molar-refractivity contribution in [2.75, 3.05) is 62.7 Å². The van der Waals surface area contributed by atoms with Gasteiger partial charge in [-0.1, -0.05) is 0 Å². The molecule has 0 aromatic rings. The Morgan fingerprint density at radius 3 is 2.00 bits per heavy atom. The van der Waals surface area contributed by atoms with Crippen molar-refractivity contribution in [1.29, 1.82) is 0 Å². The summed E-state index contributed by atoms with van der Waals surface area (Å²) in [7, 11) is 0. The van der Waals surface area contributed by atoms with Crippen LogP contribution in [0.1, 0.15) is 33.6 Å². The highest BCUT2D eigenvalue weighted by Crippen LogP contribution is 2.24. The topological polar surface area (TPSA) is 141 Å². The summed E-state index contributed by atoms with van der Waals surface area (Å²) in [5.74, 6) is 0.916. The van der Waals surface area contributed by atoms with E-state index in [0.717, 1.165) is 0 Å². The second kappa shape index (κ2) is 21.3. The van der Waals surface area contributed by atoms with Crippen LogP contribution >= 0.6 is 23.5 Å². The summed E-state index contributed by atoms with van der Waals surface area (Å²) in [6.07, 6.45) is -0.172. The van der Waals surface area contributed by atoms with Gasteiger partial charge in [0.05, 0.1) is 38.1 Å². The fourth-order valence-corrected chi connectivity index (χ4v) is 4.26. The van der Waals surface area contributed by atoms with Crippen LogP contribution in [0.25, 0.3) is 0 Å². The highest BCUT2D eigenvalue weighted by atomic mass is 32.2. The highest BCUT2D eigenvalue weighted by molar-refractivity contribution is 7.99. The van der Waals surface area contributed by atoms with Gasteiger partial charge >= 0.3 is 17.9 Å². The summed E-state index contributed by atoms with van der Waals surface area (Å²) >= 11 is 2.85. The summed E-state index contributed by atoms with van der Waals surface area (Å²) in [5.41, 5.74) is -0.608. The van der Waals surface area contributed by atoms with E-state index in [1.54, 1.807) is 20.8 Å². The molecule has 1 atom stereocenters. The maximum atomic E-state index is 11.8. The molecule has 0 spiro atoms. The summed E-state index contributed by atoms with van der Waals surface area (Å²) < 4.78 is 29.7. The van der Waals surface area contributed by atoms with Crippen molar-refractivity contribution >= 4 is 54.4 Å². The first-order valence-electron chi connectivity index (χ1n) is 11.1. The molecule has 1 unspecified atom stereocenters. The number of esters is 3. The Bertz CT molecular complexity index is 629. The lowest BCUT2D eigenvalue weighted by atomic mass is 9.97. The monoisotopic (exact) mass is 540 g/mol. The van der Waals surface area contributed by atoms with Crippen LogP contribution in [0.2, 0.25) is 0 Å². The van der Waals surface area contributed by atoms with Gasteiger partial charge in [-0.3, -0.25) is 24.0 Å². The minimum absolute atomic E-state index is 0.0409. The minimum atomic E-state index is -0.608. The van der Waals surface area contributed by atoms with E-state index in [1.165, 1.54) is 23.5 Å². The minimum Gasteiger partial charge on any atom is -0.466 e. The van der Waals surface area contributed by atoms with Crippen molar-refractivity contribution in [3.63, 3.8) is 0 Å². The van der Waals surface area contributed by atoms with Crippen LogP contribution < -0.4 is 0 Å². The van der Waals surface area contributed by atoms with Crippen molar-refractivity contribution in [2.24, 2.45) is 5.41 Å². The Balaban J connectivity index is 3.65. The fraction of sp³-hybridized carbons (Fsp3) is 0.773. The van der Waals surface area contributed by atoms with Gasteiger partial charge in [-0.15, -0.1) is 0 Å². The Morgan fingerprint density at radius 1 is 0.857 bits per heavy atom. The number of rotatable bonds is 23. The number of thioether (sulfide) groups is 2. The Morgan fingerprint density at radius 2 is 1.46 bits per heavy atom. The molecule has 0 fully saturated rings. The van der Waals surface area contributed by atoms with Crippen molar-refractivity contribution in [2.45, 2.75) is 39.7 Å². The highest BCUT2D eigenvalue weighted by Gasteiger charge is 2.28. The molecule has 0 aliphatic rings. The van der Waals surface area contributed by atoms with Crippen LogP contribution in [0.3, 0.4) is 0 Å². The summed E-state index contributed by atoms with van der Waals surface area (Å²) in [4.78, 5) is 55.8. The quantitative estimate of drug-likeness (QED) is 0.0803. The third-order valence-corrected chi connectivity index (χ3v) is 6.59. The van der Waals surface area contributed by atoms with Gasteiger partial charge in [0.15, 0.2) is 0 Å². The molecule has 0 aliphatic carbocycles. The lowest BCUT2D eigenvalue weighted by Gasteiger charge is -2.21. The largest absolute Gasteiger partial charge is 0.466 e. The van der Waals surface area contributed by atoms with Crippen LogP contribution in [-0.2, 0) is 52.4 Å². The van der Waals surface area contributed by atoms with E-state index in [1.807, 2.05) is 0 Å². The molecule has 0 rings (SSSR count). The van der Waals surface area contributed by atoms with Gasteiger partial charge < -0.3 is 28.4 Å². The fourth-order valence-electron chi connectivity index (χ4n) is 2.27. The summed E-state index contributed by atoms with van der Waals surface area (Å²) in [6, 6.07) is 0. The van der Waals surface area contributed by atoms with E-state index in [2.05, 4.69) is 4.74 Å². The molecule has 0 radical (unpaired) electrons. The molecule has 0 heterocycles. The molecule has 0 aromatic heterocycles. The smallest absolute Gasteiger partial charge is 0.312 e. The first kappa shape index (κ1) is 33.0. The zero-order valence-corrected chi connectivity index (χ0v) is 22.2. The molecular weight excluding hydrogens is 504 g/mol. The Hall–Kier alpha value is -1.99. The second-order valence-corrected chi connectivity index (χ2v) is 9.82. The normalized spacial score (nSPS) is 11.7. The van der Waals surface area contributed by atoms with Gasteiger partial charge in [-0.2, -0.15) is 23.5 Å². The predicted octanol–water partition coefficient (Wildman–Crippen LogP) is 1.64. The lowest BCUT2D eigenvalue weighted by molar-refractivity contribution is -0.152. The molecule has 0 aromatic carbocycles. The SMILES string of the molecule is CCOC(=O)C(C)(C)CSCCC(=O)OCCOCCOC(=O)CCSCC(COC=O)OC=O. The van der Waals surface area contributed by atoms with E-state index in [-0.39, 0.29) is 70.8 Å². The van der Waals surface area contributed by atoms with E-state index >= 15 is 0 Å². The average Bonchev–Trinajstić information content (AvgIpc) is 2.82. The molecule has 0 saturated carbocycles. The molecule has 0 saturated heterocycles. The number of ether oxygens (including phenoxy) is 6. The van der Waals surface area contributed by atoms with E-state index in [9.17, 15) is 24.0 Å². The maximum Gasteiger partial charge on any atom is 0.312 e. The number of hydrogen-bond acceptors (Lipinski definition) is 13. The number of carbonyl (C=O) groups is 5. The number of hydrogen-bond donors (Lipinski definition) is 0. The first-order valence-corrected chi connectivity index (χ1v) is 13.4. The first-order chi connectivity index (χ1) is 16.8. The average molecular weight is 541 g/mol. The zero-order chi connectivity index (χ0) is 26.4. The van der Waals surface area contributed by atoms with Gasteiger partial charge in [0.25, 0.3) is 12.9 Å². The molecule has 0 amide bonds. The molecule has 202 valence electrons. The molecule has 0 aliphatic heterocycles. The predicted molar refractivity (Wildman–Crippen MR) is 130 cm³/mol. The van der Waals surface area contributed by atoms with Crippen LogP contribution in [0, 0.1) is 5.41 Å². The van der Waals surface area contributed by atoms with Crippen LogP contribution in [0.15, 0.2) is 0 Å². The molecule has 13 heteroatoms. The van der Waals surface area contributed by atoms with Gasteiger partial charge in [0, 0.05) is 23.0 Å².